The van der Waals surface area contributed by atoms with Crippen LogP contribution in [-0.4, -0.2) is 58.8 Å². The first-order valence-electron chi connectivity index (χ1n) is 15.3. The van der Waals surface area contributed by atoms with Gasteiger partial charge in [0.25, 0.3) is 0 Å². The number of benzene rings is 2. The first-order chi connectivity index (χ1) is 22.3. The number of hydrogen-bond donors (Lipinski definition) is 2. The second-order valence-corrected chi connectivity index (χ2v) is 13.9. The molecular formula is C35H43N5O4S2. The molecule has 11 heteroatoms. The summed E-state index contributed by atoms with van der Waals surface area (Å²) in [4.78, 5) is 38.2. The molecule has 0 aliphatic carbocycles. The number of thiazole rings is 2. The average Bonchev–Trinajstić information content (AvgIpc) is 3.75. The number of nitrogens with one attached hydrogen (secondary N) is 2. The Morgan fingerprint density at radius 1 is 0.826 bits per heavy atom. The van der Waals surface area contributed by atoms with E-state index in [0.29, 0.717) is 32.5 Å². The summed E-state index contributed by atoms with van der Waals surface area (Å²) in [6.07, 6.45) is 6.41. The molecule has 2 amide bonds. The molecule has 0 saturated heterocycles. The van der Waals surface area contributed by atoms with Crippen LogP contribution in [0.1, 0.15) is 41.1 Å². The van der Waals surface area contributed by atoms with Crippen LogP contribution in [0, 0.1) is 5.41 Å². The molecule has 244 valence electrons. The molecule has 4 aromatic rings. The van der Waals surface area contributed by atoms with Gasteiger partial charge in [0.15, 0.2) is 0 Å². The van der Waals surface area contributed by atoms with Crippen LogP contribution in [-0.2, 0) is 35.5 Å². The quantitative estimate of drug-likeness (QED) is 0.112. The minimum atomic E-state index is -0.481. The molecule has 2 heterocycles. The maximum atomic E-state index is 13.0. The van der Waals surface area contributed by atoms with Crippen molar-refractivity contribution in [3.63, 3.8) is 0 Å². The van der Waals surface area contributed by atoms with Crippen molar-refractivity contribution in [1.82, 2.24) is 25.5 Å². The van der Waals surface area contributed by atoms with E-state index in [9.17, 15) is 9.59 Å². The highest BCUT2D eigenvalue weighted by Gasteiger charge is 2.27. The third kappa shape index (κ3) is 12.7. The van der Waals surface area contributed by atoms with E-state index in [-0.39, 0.29) is 30.7 Å². The van der Waals surface area contributed by atoms with Crippen LogP contribution in [0.4, 0.5) is 9.59 Å². The van der Waals surface area contributed by atoms with Crippen LogP contribution in [0.5, 0.6) is 0 Å². The van der Waals surface area contributed by atoms with Crippen molar-refractivity contribution in [3.8, 4) is 0 Å². The van der Waals surface area contributed by atoms with Gasteiger partial charge in [-0.3, -0.25) is 14.9 Å². The Labute approximate surface area is 279 Å². The first kappa shape index (κ1) is 34.8. The Bertz CT molecular complexity index is 1350. The highest BCUT2D eigenvalue weighted by molar-refractivity contribution is 7.09. The first-order valence-corrected chi connectivity index (χ1v) is 17.1. The van der Waals surface area contributed by atoms with E-state index in [1.165, 1.54) is 22.7 Å². The van der Waals surface area contributed by atoms with Gasteiger partial charge >= 0.3 is 12.2 Å². The molecule has 0 aliphatic rings. The van der Waals surface area contributed by atoms with Crippen molar-refractivity contribution in [2.45, 2.75) is 58.4 Å². The maximum absolute atomic E-state index is 13.0. The number of hydrogen-bond acceptors (Lipinski definition) is 9. The number of rotatable bonds is 18. The molecule has 0 saturated carbocycles. The summed E-state index contributed by atoms with van der Waals surface area (Å²) in [5.74, 6) is 0. The van der Waals surface area contributed by atoms with Gasteiger partial charge in [-0.1, -0.05) is 80.6 Å². The van der Waals surface area contributed by atoms with Crippen molar-refractivity contribution in [3.05, 3.63) is 118 Å². The standard InChI is InChI=1S/C35H43N5O4S2/c1-4-15-35(2,3)24-40(20-29(16-27-11-7-5-8-12-27)38-33(41)43-22-31-18-36-25-45-31)21-30(17-28-13-9-6-10-14-28)39-34(42)44-23-32-19-37-26-46-32/h4-14,18-19,25-26,29-30H,1,15-17,20-24H2,2-3H3,(H,38,41)(H,39,42)/t29-,30-/m1/s1. The van der Waals surface area contributed by atoms with Gasteiger partial charge in [-0.25, -0.2) is 9.59 Å². The molecule has 2 aromatic heterocycles. The van der Waals surface area contributed by atoms with Crippen molar-refractivity contribution < 1.29 is 19.1 Å². The molecule has 2 aromatic carbocycles. The SMILES string of the molecule is C=CCC(C)(C)CN(C[C@@H](Cc1ccccc1)NC(=O)OCc1cncs1)C[C@@H](Cc1ccccc1)NC(=O)OCc1cncs1. The fraction of sp³-hybridized carbons (Fsp3) is 0.371. The Balaban J connectivity index is 1.53. The number of allylic oxidation sites excluding steroid dienone is 1. The van der Waals surface area contributed by atoms with Crippen LogP contribution in [0.25, 0.3) is 0 Å². The van der Waals surface area contributed by atoms with Gasteiger partial charge in [-0.2, -0.15) is 0 Å². The Morgan fingerprint density at radius 3 is 1.67 bits per heavy atom. The second-order valence-electron chi connectivity index (χ2n) is 12.0. The zero-order valence-corrected chi connectivity index (χ0v) is 28.1. The van der Waals surface area contributed by atoms with Crippen LogP contribution in [0.3, 0.4) is 0 Å². The van der Waals surface area contributed by atoms with Gasteiger partial charge in [0.1, 0.15) is 13.2 Å². The van der Waals surface area contributed by atoms with E-state index < -0.39 is 12.2 Å². The Morgan fingerprint density at radius 2 is 1.28 bits per heavy atom. The van der Waals surface area contributed by atoms with E-state index in [1.54, 1.807) is 23.4 Å². The smallest absolute Gasteiger partial charge is 0.407 e. The van der Waals surface area contributed by atoms with Gasteiger partial charge in [0.2, 0.25) is 0 Å². The fourth-order valence-corrected chi connectivity index (χ4v) is 6.34. The van der Waals surface area contributed by atoms with Crippen molar-refractivity contribution in [2.75, 3.05) is 19.6 Å². The maximum Gasteiger partial charge on any atom is 0.407 e. The monoisotopic (exact) mass is 661 g/mol. The lowest BCUT2D eigenvalue weighted by atomic mass is 9.88. The van der Waals surface area contributed by atoms with Crippen LogP contribution in [0.15, 0.2) is 96.7 Å². The highest BCUT2D eigenvalue weighted by Crippen LogP contribution is 2.23. The number of carbonyl (C=O) groups excluding carboxylic acids is 2. The predicted octanol–water partition coefficient (Wildman–Crippen LogP) is 6.88. The number of amides is 2. The second kappa shape index (κ2) is 18.2. The summed E-state index contributed by atoms with van der Waals surface area (Å²) in [5.41, 5.74) is 5.53. The summed E-state index contributed by atoms with van der Waals surface area (Å²) >= 11 is 2.89. The largest absolute Gasteiger partial charge is 0.444 e. The van der Waals surface area contributed by atoms with Crippen molar-refractivity contribution in [2.24, 2.45) is 5.41 Å². The number of carbonyl (C=O) groups is 2. The minimum Gasteiger partial charge on any atom is -0.444 e. The molecule has 0 spiro atoms. The third-order valence-corrected chi connectivity index (χ3v) is 8.76. The summed E-state index contributed by atoms with van der Waals surface area (Å²) < 4.78 is 11.1. The number of nitrogens with zero attached hydrogens (tertiary/aromatic N) is 3. The normalized spacial score (nSPS) is 12.7. The summed E-state index contributed by atoms with van der Waals surface area (Å²) in [7, 11) is 0. The zero-order valence-electron chi connectivity index (χ0n) is 26.5. The van der Waals surface area contributed by atoms with Gasteiger partial charge in [0.05, 0.1) is 20.8 Å². The van der Waals surface area contributed by atoms with Crippen LogP contribution >= 0.6 is 22.7 Å². The minimum absolute atomic E-state index is 0.101. The zero-order chi connectivity index (χ0) is 32.6. The van der Waals surface area contributed by atoms with E-state index in [1.807, 2.05) is 42.5 Å². The fourth-order valence-electron chi connectivity index (χ4n) is 5.32. The summed E-state index contributed by atoms with van der Waals surface area (Å²) in [5, 5.41) is 6.24. The van der Waals surface area contributed by atoms with Crippen LogP contribution < -0.4 is 10.6 Å². The number of aromatic nitrogens is 2. The Kier molecular flexibility index (Phi) is 13.8. The number of alkyl carbamates (subject to hydrolysis) is 2. The molecule has 0 fully saturated rings. The molecule has 4 rings (SSSR count). The highest BCUT2D eigenvalue weighted by atomic mass is 32.1. The molecule has 2 N–H and O–H groups in total. The molecule has 46 heavy (non-hydrogen) atoms. The molecule has 9 nitrogen and oxygen atoms in total. The van der Waals surface area contributed by atoms with E-state index in [0.717, 1.165) is 27.3 Å². The Hall–Kier alpha value is -4.06. The lowest BCUT2D eigenvalue weighted by molar-refractivity contribution is 0.116. The molecule has 0 unspecified atom stereocenters. The summed E-state index contributed by atoms with van der Waals surface area (Å²) in [6, 6.07) is 19.7. The van der Waals surface area contributed by atoms with Gasteiger partial charge in [-0.05, 0) is 35.8 Å². The van der Waals surface area contributed by atoms with Gasteiger partial charge in [-0.15, -0.1) is 29.3 Å². The molecule has 2 atom stereocenters. The lowest BCUT2D eigenvalue weighted by Gasteiger charge is -2.36. The molecule has 0 aliphatic heterocycles. The van der Waals surface area contributed by atoms with Crippen LogP contribution in [0.2, 0.25) is 0 Å². The van der Waals surface area contributed by atoms with Crippen molar-refractivity contribution in [1.29, 1.82) is 0 Å². The average molecular weight is 662 g/mol. The number of ether oxygens (including phenoxy) is 2. The molecule has 0 radical (unpaired) electrons. The van der Waals surface area contributed by atoms with Gasteiger partial charge < -0.3 is 20.1 Å². The van der Waals surface area contributed by atoms with E-state index >= 15 is 0 Å². The van der Waals surface area contributed by atoms with Gasteiger partial charge in [0, 0.05) is 44.1 Å². The third-order valence-electron chi connectivity index (χ3n) is 7.26. The topological polar surface area (TPSA) is 106 Å². The lowest BCUT2D eigenvalue weighted by Crippen LogP contribution is -2.52. The summed E-state index contributed by atoms with van der Waals surface area (Å²) in [6.45, 7) is 10.5. The molecular weight excluding hydrogens is 619 g/mol. The predicted molar refractivity (Wildman–Crippen MR) is 184 cm³/mol. The van der Waals surface area contributed by atoms with Crippen molar-refractivity contribution >= 4 is 34.9 Å². The van der Waals surface area contributed by atoms with E-state index in [2.05, 4.69) is 70.2 Å². The van der Waals surface area contributed by atoms with E-state index in [4.69, 9.17) is 9.47 Å². The molecule has 0 bridgehead atoms.